The maximum absolute atomic E-state index is 12.8. The molecule has 5 heteroatoms. The fourth-order valence-corrected chi connectivity index (χ4v) is 3.00. The summed E-state index contributed by atoms with van der Waals surface area (Å²) < 4.78 is 6.94. The lowest BCUT2D eigenvalue weighted by atomic mass is 9.84. The Morgan fingerprint density at radius 2 is 1.92 bits per heavy atom. The average Bonchev–Trinajstić information content (AvgIpc) is 2.96. The van der Waals surface area contributed by atoms with E-state index in [1.54, 1.807) is 0 Å². The molecule has 0 amide bonds. The molecule has 0 saturated heterocycles. The Morgan fingerprint density at radius 3 is 2.52 bits per heavy atom. The van der Waals surface area contributed by atoms with Gasteiger partial charge in [-0.25, -0.2) is 0 Å². The van der Waals surface area contributed by atoms with Crippen LogP contribution in [0.15, 0.2) is 30.3 Å². The van der Waals surface area contributed by atoms with Crippen LogP contribution in [0.3, 0.4) is 0 Å². The van der Waals surface area contributed by atoms with Gasteiger partial charge in [0.1, 0.15) is 0 Å². The fraction of sp³-hybridized carbons (Fsp3) is 0.550. The van der Waals surface area contributed by atoms with E-state index >= 15 is 0 Å². The van der Waals surface area contributed by atoms with Crippen molar-refractivity contribution in [1.82, 2.24) is 14.8 Å². The van der Waals surface area contributed by atoms with E-state index in [-0.39, 0.29) is 23.3 Å². The van der Waals surface area contributed by atoms with Gasteiger partial charge in [-0.2, -0.15) is 9.67 Å². The molecule has 5 nitrogen and oxygen atoms in total. The van der Waals surface area contributed by atoms with Crippen molar-refractivity contribution in [2.24, 2.45) is 11.3 Å². The zero-order valence-electron chi connectivity index (χ0n) is 16.0. The highest BCUT2D eigenvalue weighted by Crippen LogP contribution is 2.27. The van der Waals surface area contributed by atoms with Crippen LogP contribution < -0.4 is 4.74 Å². The summed E-state index contributed by atoms with van der Waals surface area (Å²) in [5.41, 5.74) is 1.05. The minimum Gasteiger partial charge on any atom is -0.462 e. The van der Waals surface area contributed by atoms with Gasteiger partial charge in [0.25, 0.3) is 0 Å². The van der Waals surface area contributed by atoms with E-state index in [4.69, 9.17) is 4.74 Å². The molecule has 1 aromatic heterocycles. The minimum absolute atomic E-state index is 0.0468. The lowest BCUT2D eigenvalue weighted by Crippen LogP contribution is -2.20. The number of carbonyl (C=O) groups is 1. The summed E-state index contributed by atoms with van der Waals surface area (Å²) in [6, 6.07) is 9.90. The van der Waals surface area contributed by atoms with Crippen LogP contribution in [0.4, 0.5) is 0 Å². The van der Waals surface area contributed by atoms with Crippen LogP contribution >= 0.6 is 0 Å². The molecule has 0 N–H and O–H groups in total. The molecule has 0 spiro atoms. The molecule has 2 rings (SSSR count). The summed E-state index contributed by atoms with van der Waals surface area (Å²) in [5.74, 6) is 0.773. The van der Waals surface area contributed by atoms with Crippen molar-refractivity contribution in [2.75, 3.05) is 6.61 Å². The smallest absolute Gasteiger partial charge is 0.336 e. The number of benzene rings is 1. The molecule has 0 radical (unpaired) electrons. The van der Waals surface area contributed by atoms with Gasteiger partial charge in [0.15, 0.2) is 5.82 Å². The van der Waals surface area contributed by atoms with E-state index in [0.717, 1.165) is 18.4 Å². The lowest BCUT2D eigenvalue weighted by Gasteiger charge is -2.22. The Balaban J connectivity index is 2.25. The van der Waals surface area contributed by atoms with Crippen LogP contribution in [0, 0.1) is 11.3 Å². The summed E-state index contributed by atoms with van der Waals surface area (Å²) >= 11 is 0. The summed E-state index contributed by atoms with van der Waals surface area (Å²) in [7, 11) is 0. The number of rotatable bonds is 7. The van der Waals surface area contributed by atoms with E-state index in [9.17, 15) is 4.79 Å². The third-order valence-corrected chi connectivity index (χ3v) is 3.78. The zero-order chi connectivity index (χ0) is 18.4. The summed E-state index contributed by atoms with van der Waals surface area (Å²) in [5, 5.41) is 4.31. The summed E-state index contributed by atoms with van der Waals surface area (Å²) in [6.45, 7) is 11.2. The molecular weight excluding hydrogens is 314 g/mol. The Morgan fingerprint density at radius 1 is 1.24 bits per heavy atom. The zero-order valence-corrected chi connectivity index (χ0v) is 16.0. The molecule has 0 aliphatic rings. The van der Waals surface area contributed by atoms with Crippen molar-refractivity contribution in [3.63, 3.8) is 0 Å². The van der Waals surface area contributed by atoms with Crippen LogP contribution in [-0.2, 0) is 0 Å². The van der Waals surface area contributed by atoms with Gasteiger partial charge in [-0.3, -0.25) is 4.79 Å². The quantitative estimate of drug-likeness (QED) is 0.722. The Labute approximate surface area is 150 Å². The molecule has 136 valence electrons. The predicted molar refractivity (Wildman–Crippen MR) is 99.7 cm³/mol. The average molecular weight is 343 g/mol. The van der Waals surface area contributed by atoms with Crippen LogP contribution in [-0.4, -0.2) is 27.3 Å². The Hall–Kier alpha value is -2.17. The standard InChI is InChI=1S/C20H29N3O2/c1-6-12-25-19-21-18(16-10-8-7-9-11-16)23(22-19)17(24)13-15(2)14-20(3,4)5/h7-11,15H,6,12-14H2,1-5H3. The molecule has 1 atom stereocenters. The van der Waals surface area contributed by atoms with Crippen molar-refractivity contribution >= 4 is 5.91 Å². The molecular formula is C20H29N3O2. The first kappa shape index (κ1) is 19.2. The van der Waals surface area contributed by atoms with Gasteiger partial charge in [0.2, 0.25) is 5.91 Å². The highest BCUT2D eigenvalue weighted by Gasteiger charge is 2.22. The lowest BCUT2D eigenvalue weighted by molar-refractivity contribution is 0.0856. The van der Waals surface area contributed by atoms with E-state index in [1.807, 2.05) is 37.3 Å². The molecule has 0 bridgehead atoms. The second-order valence-electron chi connectivity index (χ2n) is 7.81. The summed E-state index contributed by atoms with van der Waals surface area (Å²) in [4.78, 5) is 17.3. The van der Waals surface area contributed by atoms with Crippen LogP contribution in [0.2, 0.25) is 0 Å². The van der Waals surface area contributed by atoms with E-state index in [2.05, 4.69) is 37.8 Å². The molecule has 0 saturated carbocycles. The van der Waals surface area contributed by atoms with Crippen molar-refractivity contribution in [3.05, 3.63) is 30.3 Å². The molecule has 25 heavy (non-hydrogen) atoms. The largest absolute Gasteiger partial charge is 0.462 e. The first-order valence-corrected chi connectivity index (χ1v) is 8.98. The van der Waals surface area contributed by atoms with Crippen molar-refractivity contribution in [1.29, 1.82) is 0 Å². The van der Waals surface area contributed by atoms with Crippen LogP contribution in [0.25, 0.3) is 11.4 Å². The maximum atomic E-state index is 12.8. The molecule has 0 fully saturated rings. The van der Waals surface area contributed by atoms with Gasteiger partial charge in [-0.15, -0.1) is 5.10 Å². The molecule has 1 unspecified atom stereocenters. The van der Waals surface area contributed by atoms with Gasteiger partial charge in [-0.05, 0) is 24.2 Å². The number of hydrogen-bond donors (Lipinski definition) is 0. The van der Waals surface area contributed by atoms with E-state index < -0.39 is 0 Å². The SMILES string of the molecule is CCCOc1nc(-c2ccccc2)n(C(=O)CC(C)CC(C)(C)C)n1. The highest BCUT2D eigenvalue weighted by molar-refractivity contribution is 5.82. The molecule has 0 aliphatic heterocycles. The number of ether oxygens (including phenoxy) is 1. The first-order chi connectivity index (χ1) is 11.8. The van der Waals surface area contributed by atoms with Crippen molar-refractivity contribution in [2.45, 2.75) is 53.9 Å². The predicted octanol–water partition coefficient (Wildman–Crippen LogP) is 4.84. The van der Waals surface area contributed by atoms with Crippen LogP contribution in [0.1, 0.15) is 58.7 Å². The van der Waals surface area contributed by atoms with Gasteiger partial charge < -0.3 is 4.74 Å². The molecule has 1 heterocycles. The Bertz CT molecular complexity index is 687. The number of hydrogen-bond acceptors (Lipinski definition) is 4. The van der Waals surface area contributed by atoms with Gasteiger partial charge >= 0.3 is 6.01 Å². The van der Waals surface area contributed by atoms with E-state index in [0.29, 0.717) is 18.9 Å². The second-order valence-corrected chi connectivity index (χ2v) is 7.81. The number of aromatic nitrogens is 3. The third kappa shape index (κ3) is 5.69. The normalized spacial score (nSPS) is 12.8. The number of nitrogens with zero attached hydrogens (tertiary/aromatic N) is 3. The second kappa shape index (κ2) is 8.28. The van der Waals surface area contributed by atoms with Gasteiger partial charge in [0, 0.05) is 12.0 Å². The molecule has 0 aliphatic carbocycles. The fourth-order valence-electron chi connectivity index (χ4n) is 3.00. The number of carbonyl (C=O) groups excluding carboxylic acids is 1. The van der Waals surface area contributed by atoms with Gasteiger partial charge in [0.05, 0.1) is 6.61 Å². The first-order valence-electron chi connectivity index (χ1n) is 8.98. The highest BCUT2D eigenvalue weighted by atomic mass is 16.5. The topological polar surface area (TPSA) is 57.0 Å². The van der Waals surface area contributed by atoms with Crippen molar-refractivity contribution in [3.8, 4) is 17.4 Å². The maximum Gasteiger partial charge on any atom is 0.336 e. The molecule has 2 aromatic rings. The Kier molecular flexibility index (Phi) is 6.34. The van der Waals surface area contributed by atoms with Gasteiger partial charge in [-0.1, -0.05) is 65.0 Å². The van der Waals surface area contributed by atoms with Crippen molar-refractivity contribution < 1.29 is 9.53 Å². The third-order valence-electron chi connectivity index (χ3n) is 3.78. The molecule has 1 aromatic carbocycles. The van der Waals surface area contributed by atoms with E-state index in [1.165, 1.54) is 4.68 Å². The monoisotopic (exact) mass is 343 g/mol. The minimum atomic E-state index is -0.0468. The van der Waals surface area contributed by atoms with Crippen LogP contribution in [0.5, 0.6) is 6.01 Å². The summed E-state index contributed by atoms with van der Waals surface area (Å²) in [6.07, 6.45) is 2.28.